The molecule has 2 aliphatic heterocycles. The Bertz CT molecular complexity index is 1200. The molecule has 1 aromatic heterocycles. The van der Waals surface area contributed by atoms with E-state index in [1.807, 2.05) is 31.3 Å². The van der Waals surface area contributed by atoms with Crippen LogP contribution in [0.25, 0.3) is 0 Å². The average Bonchev–Trinajstić information content (AvgIpc) is 3.28. The summed E-state index contributed by atoms with van der Waals surface area (Å²) >= 11 is 0. The summed E-state index contributed by atoms with van der Waals surface area (Å²) in [5.74, 6) is 1.04. The van der Waals surface area contributed by atoms with Crippen LogP contribution in [0.5, 0.6) is 11.6 Å². The minimum Gasteiger partial charge on any atom is -0.440 e. The molecule has 166 valence electrons. The highest BCUT2D eigenvalue weighted by molar-refractivity contribution is 5.97. The summed E-state index contributed by atoms with van der Waals surface area (Å²) in [6.07, 6.45) is 2.86. The van der Waals surface area contributed by atoms with Crippen molar-refractivity contribution >= 4 is 11.7 Å². The van der Waals surface area contributed by atoms with Gasteiger partial charge < -0.3 is 14.4 Å². The highest BCUT2D eigenvalue weighted by Crippen LogP contribution is 2.57. The maximum atomic E-state index is 13.1. The predicted molar refractivity (Wildman–Crippen MR) is 124 cm³/mol. The first kappa shape index (κ1) is 20.6. The van der Waals surface area contributed by atoms with E-state index in [9.17, 15) is 4.79 Å². The van der Waals surface area contributed by atoms with Crippen LogP contribution >= 0.6 is 0 Å². The van der Waals surface area contributed by atoms with Crippen LogP contribution in [0.3, 0.4) is 0 Å². The Morgan fingerprint density at radius 3 is 2.59 bits per heavy atom. The van der Waals surface area contributed by atoms with Gasteiger partial charge in [-0.1, -0.05) is 31.5 Å². The van der Waals surface area contributed by atoms with E-state index in [0.717, 1.165) is 60.4 Å². The number of hydrogen-bond donors (Lipinski definition) is 0. The minimum atomic E-state index is -1.05. The average molecular weight is 432 g/mol. The zero-order valence-electron chi connectivity index (χ0n) is 19.1. The number of anilines is 1. The van der Waals surface area contributed by atoms with Gasteiger partial charge in [0, 0.05) is 43.0 Å². The Hall–Kier alpha value is -3.28. The largest absolute Gasteiger partial charge is 0.440 e. The summed E-state index contributed by atoms with van der Waals surface area (Å²) < 4.78 is 14.6. The molecule has 2 aromatic carbocycles. The second-order valence-electron chi connectivity index (χ2n) is 8.43. The number of aromatic nitrogens is 2. The fourth-order valence-corrected chi connectivity index (χ4v) is 5.07. The van der Waals surface area contributed by atoms with Crippen molar-refractivity contribution in [3.8, 4) is 11.6 Å². The lowest BCUT2D eigenvalue weighted by molar-refractivity contribution is 0.0220. The molecule has 0 bridgehead atoms. The van der Waals surface area contributed by atoms with Crippen molar-refractivity contribution in [2.75, 3.05) is 18.0 Å². The second kappa shape index (κ2) is 7.69. The van der Waals surface area contributed by atoms with Crippen molar-refractivity contribution in [3.63, 3.8) is 0 Å². The molecule has 0 saturated carbocycles. The van der Waals surface area contributed by atoms with Crippen LogP contribution in [0.1, 0.15) is 66.4 Å². The second-order valence-corrected chi connectivity index (χ2v) is 8.43. The highest BCUT2D eigenvalue weighted by atomic mass is 16.6. The van der Waals surface area contributed by atoms with Crippen molar-refractivity contribution < 1.29 is 14.3 Å². The molecule has 1 spiro atoms. The van der Waals surface area contributed by atoms with Gasteiger partial charge in [0.25, 0.3) is 0 Å². The minimum absolute atomic E-state index is 0.308. The van der Waals surface area contributed by atoms with Gasteiger partial charge in [-0.2, -0.15) is 5.10 Å². The Morgan fingerprint density at radius 1 is 1.06 bits per heavy atom. The molecule has 0 fully saturated rings. The number of hydrogen-bond acceptors (Lipinski definition) is 5. The van der Waals surface area contributed by atoms with Crippen LogP contribution < -0.4 is 9.64 Å². The molecule has 1 unspecified atom stereocenters. The molecule has 0 saturated heterocycles. The van der Waals surface area contributed by atoms with Crippen molar-refractivity contribution in [1.29, 1.82) is 0 Å². The zero-order valence-corrected chi connectivity index (χ0v) is 19.1. The quantitative estimate of drug-likeness (QED) is 0.504. The van der Waals surface area contributed by atoms with Gasteiger partial charge in [0.2, 0.25) is 5.88 Å². The molecule has 3 heterocycles. The fraction of sp³-hybridized carbons (Fsp3) is 0.385. The maximum absolute atomic E-state index is 13.1. The molecule has 0 N–H and O–H groups in total. The molecule has 1 atom stereocenters. The SMILES string of the molecule is CCCCc1nn(C)c2c1C1(OC(=O)c3ccccc31)c1ccc(N(CC)CC)cc1O2. The number of aryl methyl sites for hydroxylation is 2. The summed E-state index contributed by atoms with van der Waals surface area (Å²) in [6, 6.07) is 13.9. The Balaban J connectivity index is 1.80. The van der Waals surface area contributed by atoms with Gasteiger partial charge in [-0.15, -0.1) is 0 Å². The monoisotopic (exact) mass is 431 g/mol. The number of nitrogens with zero attached hydrogens (tertiary/aromatic N) is 3. The summed E-state index contributed by atoms with van der Waals surface area (Å²) in [5, 5.41) is 4.81. The van der Waals surface area contributed by atoms with Gasteiger partial charge in [0.1, 0.15) is 5.75 Å². The number of esters is 1. The van der Waals surface area contributed by atoms with E-state index in [0.29, 0.717) is 17.2 Å². The first-order valence-corrected chi connectivity index (χ1v) is 11.5. The number of carbonyl (C=O) groups is 1. The maximum Gasteiger partial charge on any atom is 0.340 e. The molecule has 3 aromatic rings. The van der Waals surface area contributed by atoms with Gasteiger partial charge in [0.15, 0.2) is 5.60 Å². The molecular weight excluding hydrogens is 402 g/mol. The fourth-order valence-electron chi connectivity index (χ4n) is 5.07. The number of fused-ring (bicyclic) bond motifs is 6. The third-order valence-corrected chi connectivity index (χ3v) is 6.64. The van der Waals surface area contributed by atoms with Crippen LogP contribution in [0.2, 0.25) is 0 Å². The Morgan fingerprint density at radius 2 is 1.84 bits per heavy atom. The molecule has 2 aliphatic rings. The third kappa shape index (κ3) is 2.78. The molecule has 6 heteroatoms. The van der Waals surface area contributed by atoms with Crippen molar-refractivity contribution in [2.45, 2.75) is 45.6 Å². The normalized spacial score (nSPS) is 18.1. The Labute approximate surface area is 188 Å². The van der Waals surface area contributed by atoms with E-state index in [-0.39, 0.29) is 5.97 Å². The molecule has 5 rings (SSSR count). The van der Waals surface area contributed by atoms with Crippen LogP contribution in [-0.4, -0.2) is 28.8 Å². The molecule has 32 heavy (non-hydrogen) atoms. The topological polar surface area (TPSA) is 56.6 Å². The number of unbranched alkanes of at least 4 members (excludes halogenated alkanes) is 1. The number of ether oxygens (including phenoxy) is 2. The van der Waals surface area contributed by atoms with E-state index in [2.05, 4.69) is 43.9 Å². The van der Waals surface area contributed by atoms with Crippen LogP contribution in [0.4, 0.5) is 5.69 Å². The smallest absolute Gasteiger partial charge is 0.340 e. The van der Waals surface area contributed by atoms with Crippen LogP contribution in [0.15, 0.2) is 42.5 Å². The number of benzene rings is 2. The van der Waals surface area contributed by atoms with Crippen LogP contribution in [0, 0.1) is 0 Å². The summed E-state index contributed by atoms with van der Waals surface area (Å²) in [6.45, 7) is 8.24. The molecule has 0 aliphatic carbocycles. The predicted octanol–water partition coefficient (Wildman–Crippen LogP) is 5.18. The lowest BCUT2D eigenvalue weighted by atomic mass is 9.77. The summed E-state index contributed by atoms with van der Waals surface area (Å²) in [5.41, 5.74) is 4.13. The highest BCUT2D eigenvalue weighted by Gasteiger charge is 2.56. The van der Waals surface area contributed by atoms with E-state index in [1.54, 1.807) is 4.68 Å². The number of rotatable bonds is 6. The van der Waals surface area contributed by atoms with Gasteiger partial charge in [-0.3, -0.25) is 0 Å². The Kier molecular flexibility index (Phi) is 4.96. The van der Waals surface area contributed by atoms with E-state index < -0.39 is 5.60 Å². The van der Waals surface area contributed by atoms with Gasteiger partial charge >= 0.3 is 5.97 Å². The summed E-state index contributed by atoms with van der Waals surface area (Å²) in [4.78, 5) is 15.3. The van der Waals surface area contributed by atoms with Crippen molar-refractivity contribution in [3.05, 3.63) is 70.4 Å². The third-order valence-electron chi connectivity index (χ3n) is 6.64. The molecule has 0 radical (unpaired) electrons. The van der Waals surface area contributed by atoms with Gasteiger partial charge in [-0.05, 0) is 44.9 Å². The van der Waals surface area contributed by atoms with E-state index in [4.69, 9.17) is 14.6 Å². The first-order valence-electron chi connectivity index (χ1n) is 11.5. The van der Waals surface area contributed by atoms with E-state index >= 15 is 0 Å². The molecule has 0 amide bonds. The first-order chi connectivity index (χ1) is 15.5. The standard InChI is InChI=1S/C26H29N3O3/c1-5-8-13-21-23-24(28(4)27-21)31-22-16-17(29(6-2)7-3)14-15-20(22)26(23)19-12-10-9-11-18(19)25(30)32-26/h9-12,14-16H,5-8,13H2,1-4H3. The lowest BCUT2D eigenvalue weighted by Crippen LogP contribution is -2.34. The summed E-state index contributed by atoms with van der Waals surface area (Å²) in [7, 11) is 1.89. The molecule has 6 nitrogen and oxygen atoms in total. The van der Waals surface area contributed by atoms with Crippen molar-refractivity contribution in [2.24, 2.45) is 7.05 Å². The van der Waals surface area contributed by atoms with E-state index in [1.165, 1.54) is 0 Å². The van der Waals surface area contributed by atoms with Gasteiger partial charge in [0.05, 0.1) is 16.8 Å². The van der Waals surface area contributed by atoms with Crippen molar-refractivity contribution in [1.82, 2.24) is 9.78 Å². The lowest BCUT2D eigenvalue weighted by Gasteiger charge is -2.36. The zero-order chi connectivity index (χ0) is 22.5. The number of carbonyl (C=O) groups excluding carboxylic acids is 1. The van der Waals surface area contributed by atoms with Gasteiger partial charge in [-0.25, -0.2) is 9.48 Å². The van der Waals surface area contributed by atoms with Crippen LogP contribution in [-0.2, 0) is 23.8 Å². The molecular formula is C26H29N3O3.